The fraction of sp³-hybridized carbons (Fsp3) is 0.370. The van der Waals surface area contributed by atoms with Crippen LogP contribution in [0, 0.1) is 11.6 Å². The van der Waals surface area contributed by atoms with Gasteiger partial charge in [0.25, 0.3) is 6.47 Å². The minimum Gasteiger partial charge on any atom is -0.483 e. The Balaban J connectivity index is 0.000000327. The summed E-state index contributed by atoms with van der Waals surface area (Å²) in [5, 5.41) is 17.0. The zero-order chi connectivity index (χ0) is 30.6. The molecule has 0 radical (unpaired) electrons. The van der Waals surface area contributed by atoms with Crippen molar-refractivity contribution < 1.29 is 37.0 Å². The third-order valence-corrected chi connectivity index (χ3v) is 6.97. The molecule has 0 spiro atoms. The molecule has 4 rings (SSSR count). The van der Waals surface area contributed by atoms with Gasteiger partial charge in [0, 0.05) is 25.0 Å². The number of nitrogens with one attached hydrogen (secondary N) is 1. The quantitative estimate of drug-likeness (QED) is 0.196. The molecule has 1 saturated heterocycles. The molecule has 0 bridgehead atoms. The fourth-order valence-electron chi connectivity index (χ4n) is 3.91. The second kappa shape index (κ2) is 16.1. The normalized spacial score (nSPS) is 16.7. The van der Waals surface area contributed by atoms with Crippen LogP contribution in [-0.4, -0.2) is 70.9 Å². The van der Waals surface area contributed by atoms with Crippen LogP contribution in [0.4, 0.5) is 33.5 Å². The molecule has 0 aliphatic carbocycles. The highest BCUT2D eigenvalue weighted by atomic mass is 32.2. The van der Waals surface area contributed by atoms with Crippen LogP contribution < -0.4 is 9.62 Å². The van der Waals surface area contributed by atoms with Gasteiger partial charge in [-0.3, -0.25) is 4.79 Å². The highest BCUT2D eigenvalue weighted by molar-refractivity contribution is 8.00. The van der Waals surface area contributed by atoms with E-state index in [-0.39, 0.29) is 17.4 Å². The third-order valence-electron chi connectivity index (χ3n) is 6.06. The summed E-state index contributed by atoms with van der Waals surface area (Å²) in [7, 11) is 3.77. The van der Waals surface area contributed by atoms with E-state index in [1.54, 1.807) is 12.1 Å². The van der Waals surface area contributed by atoms with Crippen molar-refractivity contribution in [2.75, 3.05) is 36.8 Å². The van der Waals surface area contributed by atoms with Crippen molar-refractivity contribution in [3.63, 3.8) is 0 Å². The van der Waals surface area contributed by atoms with Gasteiger partial charge in [0.2, 0.25) is 0 Å². The first kappa shape index (κ1) is 33.7. The minimum absolute atomic E-state index is 0.0802. The van der Waals surface area contributed by atoms with Gasteiger partial charge in [-0.25, -0.2) is 18.7 Å². The zero-order valence-electron chi connectivity index (χ0n) is 22.6. The van der Waals surface area contributed by atoms with Gasteiger partial charge >= 0.3 is 6.18 Å². The lowest BCUT2D eigenvalue weighted by Crippen LogP contribution is -2.53. The van der Waals surface area contributed by atoms with Crippen molar-refractivity contribution in [2.45, 2.75) is 43.0 Å². The number of benzene rings is 2. The van der Waals surface area contributed by atoms with Crippen LogP contribution in [0.2, 0.25) is 0 Å². The fourth-order valence-corrected chi connectivity index (χ4v) is 4.55. The number of carbonyl (C=O) groups is 1. The molecular formula is C27H32F5N5O3S. The average Bonchev–Trinajstić information content (AvgIpc) is 2.93. The molecule has 3 aromatic rings. The number of piperidine rings is 1. The number of aliphatic hydroxyl groups excluding tert-OH is 1. The summed E-state index contributed by atoms with van der Waals surface area (Å²) in [6, 6.07) is 9.58. The number of hydrogen-bond acceptors (Lipinski definition) is 8. The Kier molecular flexibility index (Phi) is 13.2. The van der Waals surface area contributed by atoms with Crippen molar-refractivity contribution in [3.8, 4) is 0 Å². The van der Waals surface area contributed by atoms with Crippen LogP contribution in [0.5, 0.6) is 0 Å². The summed E-state index contributed by atoms with van der Waals surface area (Å²) in [6.07, 6.45) is -0.585. The Morgan fingerprint density at radius 1 is 1.17 bits per heavy atom. The third kappa shape index (κ3) is 10.4. The van der Waals surface area contributed by atoms with Gasteiger partial charge in [0.15, 0.2) is 0 Å². The van der Waals surface area contributed by atoms with Crippen molar-refractivity contribution in [1.29, 1.82) is 0 Å². The van der Waals surface area contributed by atoms with Gasteiger partial charge in [-0.2, -0.15) is 13.2 Å². The highest BCUT2D eigenvalue weighted by Crippen LogP contribution is 2.32. The molecule has 41 heavy (non-hydrogen) atoms. The van der Waals surface area contributed by atoms with Gasteiger partial charge < -0.3 is 24.7 Å². The molecule has 2 atom stereocenters. The minimum atomic E-state index is -4.22. The first-order valence-electron chi connectivity index (χ1n) is 12.4. The molecule has 2 unspecified atom stereocenters. The van der Waals surface area contributed by atoms with Crippen LogP contribution in [0.15, 0.2) is 59.9 Å². The van der Waals surface area contributed by atoms with Crippen molar-refractivity contribution in [2.24, 2.45) is 0 Å². The number of hydrogen-bond donors (Lipinski definition) is 3. The molecule has 0 saturated carbocycles. The van der Waals surface area contributed by atoms with Crippen molar-refractivity contribution in [3.05, 3.63) is 77.8 Å². The number of anilines is 2. The predicted molar refractivity (Wildman–Crippen MR) is 148 cm³/mol. The first-order chi connectivity index (χ1) is 19.4. The Bertz CT molecular complexity index is 1210. The number of carboxylic acid groups (broad SMARTS) is 1. The largest absolute Gasteiger partial charge is 0.483 e. The lowest BCUT2D eigenvalue weighted by Gasteiger charge is -2.40. The first-order valence-corrected chi connectivity index (χ1v) is 13.2. The van der Waals surface area contributed by atoms with Crippen molar-refractivity contribution in [1.82, 2.24) is 14.9 Å². The van der Waals surface area contributed by atoms with Crippen molar-refractivity contribution >= 4 is 29.9 Å². The van der Waals surface area contributed by atoms with Gasteiger partial charge in [0.05, 0.1) is 17.7 Å². The Morgan fingerprint density at radius 3 is 2.37 bits per heavy atom. The number of rotatable bonds is 6. The SMILES string of the molecule is CCc1cccc(C(F)(F)F)c1.CN(C)C1CN(c2cc(F)c(SNc3ccncn3)c(F)c2)CCC1O.O=CO. The molecule has 3 N–H and O–H groups in total. The van der Waals surface area contributed by atoms with E-state index in [0.29, 0.717) is 43.0 Å². The second-order valence-electron chi connectivity index (χ2n) is 9.03. The van der Waals surface area contributed by atoms with Gasteiger partial charge in [-0.05, 0) is 68.7 Å². The van der Waals surface area contributed by atoms with Crippen LogP contribution in [0.25, 0.3) is 0 Å². The number of alkyl halides is 3. The highest BCUT2D eigenvalue weighted by Gasteiger charge is 2.31. The molecule has 1 aliphatic rings. The van der Waals surface area contributed by atoms with E-state index in [1.807, 2.05) is 30.8 Å². The van der Waals surface area contributed by atoms with E-state index in [0.717, 1.165) is 18.0 Å². The molecule has 14 heteroatoms. The molecular weight excluding hydrogens is 569 g/mol. The van der Waals surface area contributed by atoms with E-state index in [1.165, 1.54) is 36.8 Å². The van der Waals surface area contributed by atoms with Crippen LogP contribution in [0.3, 0.4) is 0 Å². The summed E-state index contributed by atoms with van der Waals surface area (Å²) in [6.45, 7) is 2.64. The van der Waals surface area contributed by atoms with E-state index in [4.69, 9.17) is 9.90 Å². The number of aliphatic hydroxyl groups is 1. The Hall–Kier alpha value is -3.49. The molecule has 2 heterocycles. The number of nitrogens with zero attached hydrogens (tertiary/aromatic N) is 4. The van der Waals surface area contributed by atoms with Crippen LogP contribution >= 0.6 is 11.9 Å². The monoisotopic (exact) mass is 601 g/mol. The van der Waals surface area contributed by atoms with Gasteiger partial charge in [-0.15, -0.1) is 0 Å². The number of aromatic nitrogens is 2. The lowest BCUT2D eigenvalue weighted by atomic mass is 10.0. The maximum atomic E-state index is 14.5. The molecule has 2 aromatic carbocycles. The summed E-state index contributed by atoms with van der Waals surface area (Å²) >= 11 is 0.831. The maximum absolute atomic E-state index is 14.5. The van der Waals surface area contributed by atoms with Gasteiger partial charge in [0.1, 0.15) is 28.7 Å². The second-order valence-corrected chi connectivity index (χ2v) is 9.84. The summed E-state index contributed by atoms with van der Waals surface area (Å²) in [5.74, 6) is -0.815. The standard InChI is InChI=1S/C17H21F2N5OS.C9H9F3.CH2O2/c1-23(2)14-9-24(6-4-15(14)25)11-7-12(18)17(13(19)8-11)26-22-16-3-5-20-10-21-16;1-2-7-4-3-5-8(6-7)9(10,11)12;2-1-3/h3,5,7-8,10,14-15,25H,4,6,9H2,1-2H3,(H,20,21,22);3-6H,2H2,1H3;1H,(H,2,3). The van der Waals surface area contributed by atoms with E-state index in [9.17, 15) is 27.1 Å². The van der Waals surface area contributed by atoms with Crippen LogP contribution in [-0.2, 0) is 17.4 Å². The molecule has 0 amide bonds. The Labute approximate surface area is 239 Å². The molecule has 1 fully saturated rings. The molecule has 224 valence electrons. The van der Waals surface area contributed by atoms with E-state index < -0.39 is 29.5 Å². The molecule has 1 aliphatic heterocycles. The summed E-state index contributed by atoms with van der Waals surface area (Å²) in [5.41, 5.74) is 0.622. The topological polar surface area (TPSA) is 102 Å². The lowest BCUT2D eigenvalue weighted by molar-refractivity contribution is -0.137. The molecule has 1 aromatic heterocycles. The average molecular weight is 602 g/mol. The predicted octanol–water partition coefficient (Wildman–Crippen LogP) is 5.34. The molecule has 8 nitrogen and oxygen atoms in total. The van der Waals surface area contributed by atoms with Gasteiger partial charge in [-0.1, -0.05) is 25.1 Å². The number of likely N-dealkylation sites (N-methyl/N-ethyl adjacent to an activating group) is 1. The number of aryl methyl sites for hydroxylation is 1. The van der Waals surface area contributed by atoms with E-state index >= 15 is 0 Å². The Morgan fingerprint density at radius 2 is 1.83 bits per heavy atom. The summed E-state index contributed by atoms with van der Waals surface area (Å²) in [4.78, 5) is 19.8. The maximum Gasteiger partial charge on any atom is 0.416 e. The number of halogens is 5. The zero-order valence-corrected chi connectivity index (χ0v) is 23.5. The van der Waals surface area contributed by atoms with E-state index in [2.05, 4.69) is 14.7 Å². The summed E-state index contributed by atoms with van der Waals surface area (Å²) < 4.78 is 68.1. The van der Waals surface area contributed by atoms with Crippen LogP contribution in [0.1, 0.15) is 24.5 Å². The smallest absolute Gasteiger partial charge is 0.416 e.